The maximum absolute atomic E-state index is 9.48. The topological polar surface area (TPSA) is 59.0 Å². The highest BCUT2D eigenvalue weighted by Gasteiger charge is 2.31. The van der Waals surface area contributed by atoms with Gasteiger partial charge >= 0.3 is 0 Å². The summed E-state index contributed by atoms with van der Waals surface area (Å²) in [5.74, 6) is 0.749. The lowest BCUT2D eigenvalue weighted by atomic mass is 10.0. The highest BCUT2D eigenvalue weighted by atomic mass is 35.5. The van der Waals surface area contributed by atoms with E-state index >= 15 is 0 Å². The third-order valence-electron chi connectivity index (χ3n) is 3.83. The Labute approximate surface area is 125 Å². The number of rotatable bonds is 2. The Morgan fingerprint density at radius 3 is 2.30 bits per heavy atom. The van der Waals surface area contributed by atoms with Gasteiger partial charge in [-0.15, -0.1) is 0 Å². The average Bonchev–Trinajstić information content (AvgIpc) is 2.69. The molecule has 5 nitrogen and oxygen atoms in total. The van der Waals surface area contributed by atoms with E-state index in [0.717, 1.165) is 37.7 Å². The maximum Gasteiger partial charge on any atom is 0.153 e. The number of imidazole rings is 1. The monoisotopic (exact) mass is 295 g/mol. The zero-order chi connectivity index (χ0) is 14.9. The van der Waals surface area contributed by atoms with E-state index in [2.05, 4.69) is 46.6 Å². The van der Waals surface area contributed by atoms with Crippen molar-refractivity contribution in [1.82, 2.24) is 19.8 Å². The number of hydrogen-bond donors (Lipinski definition) is 1. The molecule has 1 aliphatic rings. The standard InChI is InChI=1S/C14H22ClN5/c1-10-17-12(13(15)18-10)11(9-16)19-5-7-20(8-6-19)14(2,3)4/h11H,5-8H2,1-4H3,(H,17,18). The lowest BCUT2D eigenvalue weighted by Gasteiger charge is -2.43. The Morgan fingerprint density at radius 2 is 1.90 bits per heavy atom. The Hall–Kier alpha value is -1.09. The summed E-state index contributed by atoms with van der Waals surface area (Å²) in [6.45, 7) is 12.2. The summed E-state index contributed by atoms with van der Waals surface area (Å²) in [7, 11) is 0. The number of nitrogens with one attached hydrogen (secondary N) is 1. The predicted octanol–water partition coefficient (Wildman–Crippen LogP) is 2.35. The molecule has 0 aromatic carbocycles. The third kappa shape index (κ3) is 3.14. The van der Waals surface area contributed by atoms with Crippen molar-refractivity contribution in [2.75, 3.05) is 26.2 Å². The van der Waals surface area contributed by atoms with Gasteiger partial charge in [0.15, 0.2) is 5.15 Å². The molecule has 0 amide bonds. The number of aromatic nitrogens is 2. The van der Waals surface area contributed by atoms with E-state index < -0.39 is 0 Å². The zero-order valence-corrected chi connectivity index (χ0v) is 13.3. The Kier molecular flexibility index (Phi) is 4.38. The number of nitrogens with zero attached hydrogens (tertiary/aromatic N) is 4. The summed E-state index contributed by atoms with van der Waals surface area (Å²) in [5, 5.41) is 9.89. The van der Waals surface area contributed by atoms with Gasteiger partial charge in [-0.2, -0.15) is 5.26 Å². The number of H-pyrrole nitrogens is 1. The quantitative estimate of drug-likeness (QED) is 0.910. The third-order valence-corrected chi connectivity index (χ3v) is 4.12. The van der Waals surface area contributed by atoms with Gasteiger partial charge in [0.05, 0.1) is 11.8 Å². The zero-order valence-electron chi connectivity index (χ0n) is 12.6. The van der Waals surface area contributed by atoms with Crippen molar-refractivity contribution in [3.05, 3.63) is 16.7 Å². The lowest BCUT2D eigenvalue weighted by molar-refractivity contribution is 0.0514. The van der Waals surface area contributed by atoms with Crippen LogP contribution >= 0.6 is 11.6 Å². The van der Waals surface area contributed by atoms with Gasteiger partial charge in [0, 0.05) is 31.7 Å². The molecule has 20 heavy (non-hydrogen) atoms. The lowest BCUT2D eigenvalue weighted by Crippen LogP contribution is -2.53. The molecule has 0 aliphatic carbocycles. The summed E-state index contributed by atoms with van der Waals surface area (Å²) in [4.78, 5) is 11.9. The maximum atomic E-state index is 9.48. The Morgan fingerprint density at radius 1 is 1.30 bits per heavy atom. The SMILES string of the molecule is Cc1nc(Cl)c(C(C#N)N2CCN(C(C)(C)C)CC2)[nH]1. The predicted molar refractivity (Wildman–Crippen MR) is 79.6 cm³/mol. The molecule has 2 heterocycles. The molecule has 1 aliphatic heterocycles. The largest absolute Gasteiger partial charge is 0.343 e. The minimum atomic E-state index is -0.342. The first kappa shape index (κ1) is 15.3. The van der Waals surface area contributed by atoms with Gasteiger partial charge in [0.25, 0.3) is 0 Å². The second-order valence-corrected chi connectivity index (χ2v) is 6.61. The van der Waals surface area contributed by atoms with Crippen molar-refractivity contribution in [3.63, 3.8) is 0 Å². The molecule has 110 valence electrons. The van der Waals surface area contributed by atoms with E-state index in [-0.39, 0.29) is 11.6 Å². The van der Waals surface area contributed by atoms with Crippen molar-refractivity contribution in [2.45, 2.75) is 39.3 Å². The van der Waals surface area contributed by atoms with Crippen LogP contribution in [0.1, 0.15) is 38.3 Å². The van der Waals surface area contributed by atoms with Crippen LogP contribution in [0, 0.1) is 18.3 Å². The van der Waals surface area contributed by atoms with E-state index in [0.29, 0.717) is 5.15 Å². The van der Waals surface area contributed by atoms with E-state index in [1.54, 1.807) is 0 Å². The van der Waals surface area contributed by atoms with E-state index in [4.69, 9.17) is 11.6 Å². The second kappa shape index (κ2) is 5.72. The molecule has 0 radical (unpaired) electrons. The van der Waals surface area contributed by atoms with Crippen molar-refractivity contribution in [3.8, 4) is 6.07 Å². The molecule has 6 heteroatoms. The van der Waals surface area contributed by atoms with E-state index in [1.165, 1.54) is 0 Å². The van der Waals surface area contributed by atoms with Crippen LogP contribution in [0.3, 0.4) is 0 Å². The molecular formula is C14H22ClN5. The number of hydrogen-bond acceptors (Lipinski definition) is 4. The van der Waals surface area contributed by atoms with Crippen molar-refractivity contribution >= 4 is 11.6 Å². The Bertz CT molecular complexity index is 503. The van der Waals surface area contributed by atoms with Crippen LogP contribution in [0.25, 0.3) is 0 Å². The molecule has 1 atom stereocenters. The molecule has 1 aromatic heterocycles. The summed E-state index contributed by atoms with van der Waals surface area (Å²) in [5.41, 5.74) is 0.895. The van der Waals surface area contributed by atoms with Crippen LogP contribution in [0.5, 0.6) is 0 Å². The van der Waals surface area contributed by atoms with Crippen LogP contribution in [0.15, 0.2) is 0 Å². The van der Waals surface area contributed by atoms with Crippen LogP contribution in [-0.4, -0.2) is 51.5 Å². The fourth-order valence-corrected chi connectivity index (χ4v) is 2.92. The van der Waals surface area contributed by atoms with Crippen LogP contribution in [-0.2, 0) is 0 Å². The highest BCUT2D eigenvalue weighted by Crippen LogP contribution is 2.27. The molecule has 2 rings (SSSR count). The van der Waals surface area contributed by atoms with Crippen LogP contribution in [0.4, 0.5) is 0 Å². The fraction of sp³-hybridized carbons (Fsp3) is 0.714. The van der Waals surface area contributed by atoms with Crippen molar-refractivity contribution in [1.29, 1.82) is 5.26 Å². The van der Waals surface area contributed by atoms with E-state index in [1.807, 2.05) is 6.92 Å². The van der Waals surface area contributed by atoms with Gasteiger partial charge < -0.3 is 4.98 Å². The molecular weight excluding hydrogens is 274 g/mol. The molecule has 1 aromatic rings. The first-order valence-corrected chi connectivity index (χ1v) is 7.31. The first-order chi connectivity index (χ1) is 9.32. The van der Waals surface area contributed by atoms with Crippen LogP contribution in [0.2, 0.25) is 5.15 Å². The summed E-state index contributed by atoms with van der Waals surface area (Å²) in [6.07, 6.45) is 0. The number of aromatic amines is 1. The van der Waals surface area contributed by atoms with Gasteiger partial charge in [-0.05, 0) is 27.7 Å². The Balaban J connectivity index is 2.09. The summed E-state index contributed by atoms with van der Waals surface area (Å²) < 4.78 is 0. The minimum Gasteiger partial charge on any atom is -0.343 e. The number of nitriles is 1. The van der Waals surface area contributed by atoms with Crippen molar-refractivity contribution < 1.29 is 0 Å². The molecule has 1 fully saturated rings. The van der Waals surface area contributed by atoms with E-state index in [9.17, 15) is 5.26 Å². The summed E-state index contributed by atoms with van der Waals surface area (Å²) >= 11 is 6.11. The van der Waals surface area contributed by atoms with Gasteiger partial charge in [0.2, 0.25) is 0 Å². The van der Waals surface area contributed by atoms with Gasteiger partial charge in [0.1, 0.15) is 11.9 Å². The molecule has 0 spiro atoms. The number of piperazine rings is 1. The molecule has 0 saturated carbocycles. The van der Waals surface area contributed by atoms with Crippen molar-refractivity contribution in [2.24, 2.45) is 0 Å². The minimum absolute atomic E-state index is 0.177. The normalized spacial score (nSPS) is 19.8. The molecule has 1 N–H and O–H groups in total. The second-order valence-electron chi connectivity index (χ2n) is 6.25. The highest BCUT2D eigenvalue weighted by molar-refractivity contribution is 6.30. The summed E-state index contributed by atoms with van der Waals surface area (Å²) in [6, 6.07) is 2.01. The van der Waals surface area contributed by atoms with Gasteiger partial charge in [-0.25, -0.2) is 4.98 Å². The van der Waals surface area contributed by atoms with Crippen LogP contribution < -0.4 is 0 Å². The molecule has 1 unspecified atom stereocenters. The average molecular weight is 296 g/mol. The van der Waals surface area contributed by atoms with Gasteiger partial charge in [-0.1, -0.05) is 11.6 Å². The molecule has 0 bridgehead atoms. The van der Waals surface area contributed by atoms with Gasteiger partial charge in [-0.3, -0.25) is 9.80 Å². The fourth-order valence-electron chi connectivity index (χ4n) is 2.64. The smallest absolute Gasteiger partial charge is 0.153 e. The molecule has 1 saturated heterocycles. The first-order valence-electron chi connectivity index (χ1n) is 6.93. The number of aryl methyl sites for hydroxylation is 1. The number of halogens is 1.